The van der Waals surface area contributed by atoms with Gasteiger partial charge in [-0.25, -0.2) is 9.97 Å². The smallest absolute Gasteiger partial charge is 0.139 e. The van der Waals surface area contributed by atoms with Crippen LogP contribution in [0, 0.1) is 20.8 Å². The molecule has 0 atom stereocenters. The second kappa shape index (κ2) is 17.9. The molecule has 16 bridgehead atoms. The molecule has 10 aromatic heterocycles. The molecule has 3 aromatic carbocycles. The molecule has 374 valence electrons. The predicted molar refractivity (Wildman–Crippen MR) is 318 cm³/mol. The highest BCUT2D eigenvalue weighted by atomic mass is 16.3. The first-order valence-corrected chi connectivity index (χ1v) is 26.3. The molecule has 2 aliphatic rings. The summed E-state index contributed by atoms with van der Waals surface area (Å²) in [6, 6.07) is 64.0. The van der Waals surface area contributed by atoms with E-state index in [-0.39, 0.29) is 5.92 Å². The lowest BCUT2D eigenvalue weighted by molar-refractivity contribution is 0.668. The molecular weight excluding hydrogens is 961 g/mol. The molecular formula is C68H50N8O2. The maximum Gasteiger partial charge on any atom is 0.139 e. The van der Waals surface area contributed by atoms with Crippen molar-refractivity contribution in [2.24, 2.45) is 0 Å². The Hall–Kier alpha value is -10.3. The Labute approximate surface area is 447 Å². The van der Waals surface area contributed by atoms with Crippen LogP contribution in [0.2, 0.25) is 0 Å². The number of nitrogens with one attached hydrogen (secondary N) is 6. The first-order chi connectivity index (χ1) is 38.3. The zero-order valence-corrected chi connectivity index (χ0v) is 42.9. The monoisotopic (exact) mass is 1010 g/mol. The number of aromatic nitrogens is 8. The molecule has 0 fully saturated rings. The van der Waals surface area contributed by atoms with E-state index in [2.05, 4.69) is 257 Å². The summed E-state index contributed by atoms with van der Waals surface area (Å²) in [6.45, 7) is 6.34. The number of nitrogens with zero attached hydrogens (tertiary/aromatic N) is 2. The summed E-state index contributed by atoms with van der Waals surface area (Å²) < 4.78 is 14.1. The van der Waals surface area contributed by atoms with Gasteiger partial charge in [-0.05, 0) is 171 Å². The number of rotatable bonds is 7. The molecule has 0 unspecified atom stereocenters. The average Bonchev–Trinajstić information content (AvgIpc) is 4.43. The Morgan fingerprint density at radius 1 is 0.333 bits per heavy atom. The van der Waals surface area contributed by atoms with Crippen LogP contribution in [0.3, 0.4) is 0 Å². The van der Waals surface area contributed by atoms with Crippen LogP contribution in [-0.2, 0) is 0 Å². The summed E-state index contributed by atoms with van der Waals surface area (Å²) >= 11 is 0. The first kappa shape index (κ1) is 45.1. The summed E-state index contributed by atoms with van der Waals surface area (Å²) in [6.07, 6.45) is 8.23. The Kier molecular flexibility index (Phi) is 10.4. The van der Waals surface area contributed by atoms with Crippen molar-refractivity contribution in [2.75, 3.05) is 0 Å². The largest absolute Gasteiger partial charge is 0.456 e. The lowest BCUT2D eigenvalue weighted by atomic mass is 9.92. The molecule has 12 heterocycles. The standard InChI is InChI=1S/C68H50N8O2/c1-38-4-10-41(11-5-38)64(52-28-30-58(75-52)67-56-22-18-46(71-56)36-44-16-20-48(69-44)50-24-26-54(73-50)65(60-32-34-62(67)77-60)42-12-6-39(2)7-13-42)53-29-31-59(76-53)68-57-23-19-47(72-57)37-45-17-21-49(70-45)51-25-27-55(74-51)66(61-33-35-63(68)78-61)43-14-8-40(3)9-15-43/h4-37,64,71-76H,1-3H3. The van der Waals surface area contributed by atoms with E-state index >= 15 is 0 Å². The van der Waals surface area contributed by atoms with Crippen molar-refractivity contribution in [2.45, 2.75) is 26.7 Å². The van der Waals surface area contributed by atoms with Gasteiger partial charge in [0.05, 0.1) is 84.3 Å². The summed E-state index contributed by atoms with van der Waals surface area (Å²) in [5, 5.41) is 0. The highest BCUT2D eigenvalue weighted by molar-refractivity contribution is 5.99. The van der Waals surface area contributed by atoms with Gasteiger partial charge in [0.15, 0.2) is 0 Å². The number of aryl methyl sites for hydroxylation is 3. The predicted octanol–water partition coefficient (Wildman–Crippen LogP) is 17.7. The fraction of sp³-hybridized carbons (Fsp3) is 0.0588. The van der Waals surface area contributed by atoms with Crippen molar-refractivity contribution in [3.63, 3.8) is 0 Å². The van der Waals surface area contributed by atoms with E-state index in [1.54, 1.807) is 0 Å². The molecule has 0 aliphatic carbocycles. The van der Waals surface area contributed by atoms with Gasteiger partial charge in [0.25, 0.3) is 0 Å². The Morgan fingerprint density at radius 2 is 0.718 bits per heavy atom. The zero-order chi connectivity index (χ0) is 52.0. The molecule has 0 radical (unpaired) electrons. The third-order valence-corrected chi connectivity index (χ3v) is 15.2. The highest BCUT2D eigenvalue weighted by Crippen LogP contribution is 2.41. The molecule has 0 saturated heterocycles. The van der Waals surface area contributed by atoms with E-state index in [1.165, 1.54) is 16.7 Å². The van der Waals surface area contributed by atoms with Crippen molar-refractivity contribution in [1.29, 1.82) is 0 Å². The molecule has 0 spiro atoms. The number of hydrogen-bond donors (Lipinski definition) is 6. The van der Waals surface area contributed by atoms with Crippen molar-refractivity contribution in [1.82, 2.24) is 39.9 Å². The van der Waals surface area contributed by atoms with Gasteiger partial charge in [-0.1, -0.05) is 89.5 Å². The van der Waals surface area contributed by atoms with Crippen molar-refractivity contribution >= 4 is 90.8 Å². The van der Waals surface area contributed by atoms with Gasteiger partial charge < -0.3 is 38.7 Å². The van der Waals surface area contributed by atoms with Crippen LogP contribution in [0.4, 0.5) is 0 Å². The number of furan rings is 2. The average molecular weight is 1010 g/mol. The number of aromatic amines is 6. The van der Waals surface area contributed by atoms with E-state index in [0.29, 0.717) is 0 Å². The van der Waals surface area contributed by atoms with E-state index in [4.69, 9.17) is 18.8 Å². The minimum Gasteiger partial charge on any atom is -0.456 e. The Morgan fingerprint density at radius 3 is 1.17 bits per heavy atom. The molecule has 6 N–H and O–H groups in total. The van der Waals surface area contributed by atoms with Crippen molar-refractivity contribution in [3.8, 4) is 44.8 Å². The molecule has 15 rings (SSSR count). The van der Waals surface area contributed by atoms with E-state index in [1.807, 2.05) is 0 Å². The van der Waals surface area contributed by atoms with Crippen molar-refractivity contribution < 1.29 is 8.83 Å². The van der Waals surface area contributed by atoms with Gasteiger partial charge in [-0.3, -0.25) is 0 Å². The van der Waals surface area contributed by atoms with Crippen LogP contribution in [0.25, 0.3) is 136 Å². The fourth-order valence-corrected chi connectivity index (χ4v) is 11.3. The molecule has 2 aliphatic heterocycles. The minimum absolute atomic E-state index is 0.222. The number of H-pyrrole nitrogens is 6. The number of hydrogen-bond acceptors (Lipinski definition) is 4. The zero-order valence-electron chi connectivity index (χ0n) is 42.9. The number of benzene rings is 3. The molecule has 10 nitrogen and oxygen atoms in total. The van der Waals surface area contributed by atoms with Gasteiger partial charge in [-0.15, -0.1) is 0 Å². The lowest BCUT2D eigenvalue weighted by Gasteiger charge is -2.16. The van der Waals surface area contributed by atoms with Gasteiger partial charge in [0.2, 0.25) is 0 Å². The SMILES string of the molecule is Cc1ccc(-c2c3ccc([nH]3)c3nc(cc4ccc([nH]4)c(-c4ccc(C(c5ccc(C)cc5)c5ccc(-c6c7ccc(cc8nc(c9ccc([nH]9)c(-c9ccc(C)cc9)c9ccc6o9)C=C8)[nH]7)[nH]5)[nH]4)c4ccc2o4)C=C3)cc1. The van der Waals surface area contributed by atoms with Crippen LogP contribution < -0.4 is 0 Å². The second-order valence-corrected chi connectivity index (χ2v) is 20.6. The normalized spacial score (nSPS) is 12.3. The van der Waals surface area contributed by atoms with E-state index < -0.39 is 0 Å². The van der Waals surface area contributed by atoms with Crippen LogP contribution in [0.5, 0.6) is 0 Å². The third kappa shape index (κ3) is 7.97. The Bertz CT molecular complexity index is 4540. The Balaban J connectivity index is 0.916. The summed E-state index contributed by atoms with van der Waals surface area (Å²) in [5.41, 5.74) is 28.1. The van der Waals surface area contributed by atoms with Crippen LogP contribution in [-0.4, -0.2) is 39.9 Å². The maximum absolute atomic E-state index is 7.06. The summed E-state index contributed by atoms with van der Waals surface area (Å²) in [5.74, 6) is -0.222. The van der Waals surface area contributed by atoms with Crippen molar-refractivity contribution in [3.05, 3.63) is 238 Å². The third-order valence-electron chi connectivity index (χ3n) is 15.2. The minimum atomic E-state index is -0.222. The van der Waals surface area contributed by atoms with Crippen LogP contribution in [0.1, 0.15) is 62.3 Å². The van der Waals surface area contributed by atoms with E-state index in [0.717, 1.165) is 151 Å². The molecule has 13 aromatic rings. The molecule has 0 saturated carbocycles. The van der Waals surface area contributed by atoms with Gasteiger partial charge in [0.1, 0.15) is 22.3 Å². The molecule has 10 heteroatoms. The lowest BCUT2D eigenvalue weighted by Crippen LogP contribution is -2.04. The van der Waals surface area contributed by atoms with E-state index in [9.17, 15) is 0 Å². The summed E-state index contributed by atoms with van der Waals surface area (Å²) in [4.78, 5) is 32.7. The van der Waals surface area contributed by atoms with Gasteiger partial charge in [0, 0.05) is 33.5 Å². The highest BCUT2D eigenvalue weighted by Gasteiger charge is 2.24. The van der Waals surface area contributed by atoms with Gasteiger partial charge >= 0.3 is 0 Å². The first-order valence-electron chi connectivity index (χ1n) is 26.3. The summed E-state index contributed by atoms with van der Waals surface area (Å²) in [7, 11) is 0. The topological polar surface area (TPSA) is 147 Å². The second-order valence-electron chi connectivity index (χ2n) is 20.6. The number of fused-ring (bicyclic) bond motifs is 18. The van der Waals surface area contributed by atoms with Gasteiger partial charge in [-0.2, -0.15) is 0 Å². The quantitative estimate of drug-likeness (QED) is 0.0943. The molecule has 78 heavy (non-hydrogen) atoms. The van der Waals surface area contributed by atoms with Crippen LogP contribution in [0.15, 0.2) is 191 Å². The molecule has 0 amide bonds. The van der Waals surface area contributed by atoms with Crippen LogP contribution >= 0.6 is 0 Å². The fourth-order valence-electron chi connectivity index (χ4n) is 11.3. The maximum atomic E-state index is 7.06.